The van der Waals surface area contributed by atoms with Crippen LogP contribution in [0, 0.1) is 0 Å². The van der Waals surface area contributed by atoms with Gasteiger partial charge in [0.1, 0.15) is 0 Å². The Morgan fingerprint density at radius 3 is 2.40 bits per heavy atom. The summed E-state index contributed by atoms with van der Waals surface area (Å²) in [5, 5.41) is 3.58. The van der Waals surface area contributed by atoms with Gasteiger partial charge in [-0.15, -0.1) is 11.6 Å². The highest BCUT2D eigenvalue weighted by Crippen LogP contribution is 2.23. The molecule has 0 aliphatic rings. The molecule has 1 nitrogen and oxygen atoms in total. The van der Waals surface area contributed by atoms with Gasteiger partial charge in [-0.2, -0.15) is 0 Å². The van der Waals surface area contributed by atoms with Crippen LogP contribution in [0.2, 0.25) is 0 Å². The van der Waals surface area contributed by atoms with Crippen molar-refractivity contribution in [1.82, 2.24) is 5.32 Å². The molecule has 0 aliphatic carbocycles. The summed E-state index contributed by atoms with van der Waals surface area (Å²) in [6, 6.07) is 10.9. The van der Waals surface area contributed by atoms with Gasteiger partial charge in [0.15, 0.2) is 0 Å². The molecular weight excluding hydrogens is 206 g/mol. The van der Waals surface area contributed by atoms with E-state index in [0.717, 1.165) is 6.42 Å². The lowest BCUT2D eigenvalue weighted by molar-refractivity contribution is 0.352. The van der Waals surface area contributed by atoms with Crippen molar-refractivity contribution in [3.63, 3.8) is 0 Å². The zero-order chi connectivity index (χ0) is 11.3. The summed E-state index contributed by atoms with van der Waals surface area (Å²) in [7, 11) is 0. The number of hydrogen-bond acceptors (Lipinski definition) is 1. The molecule has 1 aromatic rings. The molecule has 2 atom stereocenters. The minimum atomic E-state index is -0.127. The van der Waals surface area contributed by atoms with Crippen LogP contribution in [0.4, 0.5) is 0 Å². The van der Waals surface area contributed by atoms with E-state index < -0.39 is 0 Å². The highest BCUT2D eigenvalue weighted by atomic mass is 35.5. The standard InChI is InChI=1S/C13H20ClN/c1-4-11(2)15-13(3,10-14)12-8-6-5-7-9-12/h5-9,11,15H,4,10H2,1-3H3. The Morgan fingerprint density at radius 2 is 1.93 bits per heavy atom. The van der Waals surface area contributed by atoms with Gasteiger partial charge in [-0.1, -0.05) is 37.3 Å². The van der Waals surface area contributed by atoms with Crippen LogP contribution in [0.1, 0.15) is 32.8 Å². The number of benzene rings is 1. The maximum absolute atomic E-state index is 6.08. The molecular formula is C13H20ClN. The molecule has 0 fully saturated rings. The SMILES string of the molecule is CCC(C)NC(C)(CCl)c1ccccc1. The third kappa shape index (κ3) is 3.22. The highest BCUT2D eigenvalue weighted by molar-refractivity contribution is 6.18. The fraction of sp³-hybridized carbons (Fsp3) is 0.538. The summed E-state index contributed by atoms with van der Waals surface area (Å²) in [5.74, 6) is 0.585. The third-order valence-corrected chi connectivity index (χ3v) is 3.39. The molecule has 0 spiro atoms. The smallest absolute Gasteiger partial charge is 0.0545 e. The Morgan fingerprint density at radius 1 is 1.33 bits per heavy atom. The maximum Gasteiger partial charge on any atom is 0.0545 e. The first-order chi connectivity index (χ1) is 7.12. The maximum atomic E-state index is 6.08. The van der Waals surface area contributed by atoms with E-state index in [1.807, 2.05) is 6.07 Å². The van der Waals surface area contributed by atoms with Gasteiger partial charge in [0.05, 0.1) is 5.54 Å². The van der Waals surface area contributed by atoms with Crippen LogP contribution in [0.3, 0.4) is 0 Å². The molecule has 0 saturated heterocycles. The Kier molecular flexibility index (Phi) is 4.62. The van der Waals surface area contributed by atoms with Crippen LogP contribution in [-0.4, -0.2) is 11.9 Å². The third-order valence-electron chi connectivity index (χ3n) is 2.86. The Balaban J connectivity index is 2.85. The van der Waals surface area contributed by atoms with Crippen LogP contribution in [-0.2, 0) is 5.54 Å². The molecule has 0 heterocycles. The Hall–Kier alpha value is -0.530. The van der Waals surface area contributed by atoms with E-state index in [-0.39, 0.29) is 5.54 Å². The average Bonchev–Trinajstić information content (AvgIpc) is 2.30. The van der Waals surface area contributed by atoms with Crippen LogP contribution >= 0.6 is 11.6 Å². The molecule has 15 heavy (non-hydrogen) atoms. The second kappa shape index (κ2) is 5.53. The lowest BCUT2D eigenvalue weighted by Crippen LogP contribution is -2.45. The zero-order valence-corrected chi connectivity index (χ0v) is 10.5. The van der Waals surface area contributed by atoms with Gasteiger partial charge in [0.25, 0.3) is 0 Å². The first-order valence-electron chi connectivity index (χ1n) is 5.51. The highest BCUT2D eigenvalue weighted by Gasteiger charge is 2.26. The number of hydrogen-bond donors (Lipinski definition) is 1. The van der Waals surface area contributed by atoms with Gasteiger partial charge >= 0.3 is 0 Å². The molecule has 2 heteroatoms. The number of nitrogens with one attached hydrogen (secondary N) is 1. The molecule has 84 valence electrons. The summed E-state index contributed by atoms with van der Waals surface area (Å²) < 4.78 is 0. The summed E-state index contributed by atoms with van der Waals surface area (Å²) in [6.07, 6.45) is 1.11. The fourth-order valence-corrected chi connectivity index (χ4v) is 1.88. The van der Waals surface area contributed by atoms with Gasteiger partial charge < -0.3 is 5.32 Å². The van der Waals surface area contributed by atoms with E-state index in [0.29, 0.717) is 11.9 Å². The minimum absolute atomic E-state index is 0.127. The van der Waals surface area contributed by atoms with Gasteiger partial charge in [-0.25, -0.2) is 0 Å². The molecule has 1 N–H and O–H groups in total. The van der Waals surface area contributed by atoms with Gasteiger partial charge in [0, 0.05) is 11.9 Å². The van der Waals surface area contributed by atoms with Crippen molar-refractivity contribution >= 4 is 11.6 Å². The van der Waals surface area contributed by atoms with Crippen LogP contribution < -0.4 is 5.32 Å². The van der Waals surface area contributed by atoms with E-state index in [1.165, 1.54) is 5.56 Å². The van der Waals surface area contributed by atoms with Gasteiger partial charge in [-0.3, -0.25) is 0 Å². The summed E-state index contributed by atoms with van der Waals surface area (Å²) in [6.45, 7) is 6.52. The first kappa shape index (κ1) is 12.5. The van der Waals surface area contributed by atoms with Crippen molar-refractivity contribution in [2.75, 3.05) is 5.88 Å². The van der Waals surface area contributed by atoms with E-state index in [1.54, 1.807) is 0 Å². The first-order valence-corrected chi connectivity index (χ1v) is 6.05. The zero-order valence-electron chi connectivity index (χ0n) is 9.76. The van der Waals surface area contributed by atoms with Crippen molar-refractivity contribution in [1.29, 1.82) is 0 Å². The normalized spacial score (nSPS) is 17.1. The molecule has 1 aromatic carbocycles. The molecule has 1 rings (SSSR count). The molecule has 0 saturated carbocycles. The molecule has 0 amide bonds. The average molecular weight is 226 g/mol. The molecule has 0 aromatic heterocycles. The van der Waals surface area contributed by atoms with Crippen molar-refractivity contribution < 1.29 is 0 Å². The van der Waals surface area contributed by atoms with E-state index in [9.17, 15) is 0 Å². The van der Waals surface area contributed by atoms with Crippen LogP contribution in [0.5, 0.6) is 0 Å². The van der Waals surface area contributed by atoms with Crippen molar-refractivity contribution in [3.05, 3.63) is 35.9 Å². The van der Waals surface area contributed by atoms with Crippen molar-refractivity contribution in [3.8, 4) is 0 Å². The Labute approximate surface area is 97.8 Å². The van der Waals surface area contributed by atoms with Crippen LogP contribution in [0.25, 0.3) is 0 Å². The van der Waals surface area contributed by atoms with E-state index >= 15 is 0 Å². The monoisotopic (exact) mass is 225 g/mol. The second-order valence-corrected chi connectivity index (χ2v) is 4.55. The van der Waals surface area contributed by atoms with E-state index in [2.05, 4.69) is 50.4 Å². The summed E-state index contributed by atoms with van der Waals surface area (Å²) in [4.78, 5) is 0. The van der Waals surface area contributed by atoms with E-state index in [4.69, 9.17) is 11.6 Å². The minimum Gasteiger partial charge on any atom is -0.304 e. The predicted octanol–water partition coefficient (Wildman–Crippen LogP) is 3.53. The number of rotatable bonds is 5. The predicted molar refractivity (Wildman–Crippen MR) is 67.4 cm³/mol. The molecule has 2 unspecified atom stereocenters. The summed E-state index contributed by atoms with van der Waals surface area (Å²) >= 11 is 6.08. The largest absolute Gasteiger partial charge is 0.304 e. The Bertz CT molecular complexity index is 286. The van der Waals surface area contributed by atoms with Gasteiger partial charge in [-0.05, 0) is 25.8 Å². The number of alkyl halides is 1. The van der Waals surface area contributed by atoms with Gasteiger partial charge in [0.2, 0.25) is 0 Å². The van der Waals surface area contributed by atoms with Crippen molar-refractivity contribution in [2.45, 2.75) is 38.8 Å². The second-order valence-electron chi connectivity index (χ2n) is 4.29. The van der Waals surface area contributed by atoms with Crippen LogP contribution in [0.15, 0.2) is 30.3 Å². The lowest BCUT2D eigenvalue weighted by atomic mass is 9.93. The molecule has 0 bridgehead atoms. The number of halogens is 1. The molecule has 0 radical (unpaired) electrons. The fourth-order valence-electron chi connectivity index (χ4n) is 1.65. The molecule has 0 aliphatic heterocycles. The van der Waals surface area contributed by atoms with Crippen molar-refractivity contribution in [2.24, 2.45) is 0 Å². The lowest BCUT2D eigenvalue weighted by Gasteiger charge is -2.32. The topological polar surface area (TPSA) is 12.0 Å². The quantitative estimate of drug-likeness (QED) is 0.757. The summed E-state index contributed by atoms with van der Waals surface area (Å²) in [5.41, 5.74) is 1.12.